The molecular formula is C12H21N3O2S. The molecule has 0 unspecified atom stereocenters. The molecule has 6 heteroatoms. The van der Waals surface area contributed by atoms with Crippen LogP contribution in [0.1, 0.15) is 43.6 Å². The van der Waals surface area contributed by atoms with Crippen molar-refractivity contribution in [3.8, 4) is 0 Å². The number of imidazole rings is 1. The number of nitrogens with one attached hydrogen (secondary N) is 1. The molecule has 1 fully saturated rings. The molecule has 0 radical (unpaired) electrons. The van der Waals surface area contributed by atoms with Gasteiger partial charge in [-0.25, -0.2) is 17.7 Å². The van der Waals surface area contributed by atoms with E-state index in [1.165, 1.54) is 0 Å². The van der Waals surface area contributed by atoms with Gasteiger partial charge in [0.15, 0.2) is 0 Å². The van der Waals surface area contributed by atoms with Gasteiger partial charge in [0, 0.05) is 30.9 Å². The minimum atomic E-state index is -3.08. The first-order chi connectivity index (χ1) is 8.53. The van der Waals surface area contributed by atoms with Gasteiger partial charge in [-0.1, -0.05) is 6.92 Å². The fourth-order valence-electron chi connectivity index (χ4n) is 2.45. The molecular weight excluding hydrogens is 250 g/mol. The molecule has 1 atom stereocenters. The van der Waals surface area contributed by atoms with Gasteiger partial charge in [0.25, 0.3) is 0 Å². The highest BCUT2D eigenvalue weighted by Crippen LogP contribution is 2.26. The average Bonchev–Trinajstić information content (AvgIpc) is 2.76. The van der Waals surface area contributed by atoms with E-state index in [1.54, 1.807) is 10.5 Å². The maximum atomic E-state index is 12.1. The topological polar surface area (TPSA) is 66.1 Å². The zero-order valence-electron chi connectivity index (χ0n) is 11.0. The first-order valence-electron chi connectivity index (χ1n) is 6.52. The van der Waals surface area contributed by atoms with Crippen molar-refractivity contribution in [2.24, 2.45) is 0 Å². The molecule has 0 aromatic carbocycles. The Kier molecular flexibility index (Phi) is 4.07. The third kappa shape index (κ3) is 2.92. The SMILES string of the molecule is CCCS(=O)(=O)N1CCC[C@@H](c2ncc(C)[nH]2)C1. The number of hydrogen-bond acceptors (Lipinski definition) is 3. The number of H-pyrrole nitrogens is 1. The fraction of sp³-hybridized carbons (Fsp3) is 0.750. The van der Waals surface area contributed by atoms with Gasteiger partial charge < -0.3 is 4.98 Å². The summed E-state index contributed by atoms with van der Waals surface area (Å²) in [6.45, 7) is 5.08. The molecule has 2 rings (SSSR count). The maximum absolute atomic E-state index is 12.1. The Hall–Kier alpha value is -0.880. The van der Waals surface area contributed by atoms with E-state index in [2.05, 4.69) is 9.97 Å². The monoisotopic (exact) mass is 271 g/mol. The number of aryl methyl sites for hydroxylation is 1. The Labute approximate surface area is 109 Å². The van der Waals surface area contributed by atoms with Crippen molar-refractivity contribution >= 4 is 10.0 Å². The van der Waals surface area contributed by atoms with Gasteiger partial charge in [0.2, 0.25) is 10.0 Å². The van der Waals surface area contributed by atoms with Gasteiger partial charge in [-0.05, 0) is 26.2 Å². The summed E-state index contributed by atoms with van der Waals surface area (Å²) >= 11 is 0. The number of aromatic nitrogens is 2. The van der Waals surface area contributed by atoms with Gasteiger partial charge in [0.05, 0.1) is 5.75 Å². The van der Waals surface area contributed by atoms with Gasteiger partial charge >= 0.3 is 0 Å². The lowest BCUT2D eigenvalue weighted by Crippen LogP contribution is -2.40. The molecule has 0 spiro atoms. The summed E-state index contributed by atoms with van der Waals surface area (Å²) in [6.07, 6.45) is 4.39. The molecule has 0 aliphatic carbocycles. The first-order valence-corrected chi connectivity index (χ1v) is 8.13. The highest BCUT2D eigenvalue weighted by atomic mass is 32.2. The van der Waals surface area contributed by atoms with Crippen LogP contribution in [0, 0.1) is 6.92 Å². The van der Waals surface area contributed by atoms with Crippen LogP contribution in [0.2, 0.25) is 0 Å². The smallest absolute Gasteiger partial charge is 0.214 e. The van der Waals surface area contributed by atoms with Crippen molar-refractivity contribution < 1.29 is 8.42 Å². The number of aromatic amines is 1. The van der Waals surface area contributed by atoms with E-state index >= 15 is 0 Å². The first kappa shape index (κ1) is 13.5. The Bertz CT molecular complexity index is 495. The molecule has 102 valence electrons. The van der Waals surface area contributed by atoms with Crippen molar-refractivity contribution in [2.45, 2.75) is 39.0 Å². The second-order valence-electron chi connectivity index (χ2n) is 4.96. The molecule has 18 heavy (non-hydrogen) atoms. The standard InChI is InChI=1S/C12H21N3O2S/c1-3-7-18(16,17)15-6-4-5-11(9-15)12-13-8-10(2)14-12/h8,11H,3-7,9H2,1-2H3,(H,13,14)/t11-/m1/s1. The van der Waals surface area contributed by atoms with Crippen LogP contribution < -0.4 is 0 Å². The number of rotatable bonds is 4. The quantitative estimate of drug-likeness (QED) is 0.905. The Morgan fingerprint density at radius 1 is 1.56 bits per heavy atom. The van der Waals surface area contributed by atoms with Crippen molar-refractivity contribution in [1.29, 1.82) is 0 Å². The molecule has 0 amide bonds. The second kappa shape index (κ2) is 5.40. The van der Waals surface area contributed by atoms with Crippen LogP contribution in [-0.2, 0) is 10.0 Å². The fourth-order valence-corrected chi connectivity index (χ4v) is 4.03. The molecule has 5 nitrogen and oxygen atoms in total. The van der Waals surface area contributed by atoms with Gasteiger partial charge in [-0.3, -0.25) is 0 Å². The molecule has 1 aliphatic heterocycles. The summed E-state index contributed by atoms with van der Waals surface area (Å²) in [5.41, 5.74) is 1.03. The molecule has 0 saturated carbocycles. The van der Waals surface area contributed by atoms with Crippen molar-refractivity contribution in [3.05, 3.63) is 17.7 Å². The van der Waals surface area contributed by atoms with E-state index in [1.807, 2.05) is 13.8 Å². The predicted molar refractivity (Wildman–Crippen MR) is 71.0 cm³/mol. The maximum Gasteiger partial charge on any atom is 0.214 e. The number of nitrogens with zero attached hydrogens (tertiary/aromatic N) is 2. The van der Waals surface area contributed by atoms with Crippen LogP contribution in [-0.4, -0.2) is 41.5 Å². The Morgan fingerprint density at radius 2 is 2.33 bits per heavy atom. The zero-order chi connectivity index (χ0) is 13.2. The average molecular weight is 271 g/mol. The summed E-state index contributed by atoms with van der Waals surface area (Å²) in [5, 5.41) is 0. The summed E-state index contributed by atoms with van der Waals surface area (Å²) in [7, 11) is -3.08. The molecule has 2 heterocycles. The molecule has 1 aliphatic rings. The minimum Gasteiger partial charge on any atom is -0.346 e. The lowest BCUT2D eigenvalue weighted by molar-refractivity contribution is 0.310. The van der Waals surface area contributed by atoms with E-state index in [-0.39, 0.29) is 11.7 Å². The predicted octanol–water partition coefficient (Wildman–Crippen LogP) is 1.64. The minimum absolute atomic E-state index is 0.207. The second-order valence-corrected chi connectivity index (χ2v) is 7.05. The Morgan fingerprint density at radius 3 is 2.94 bits per heavy atom. The van der Waals surface area contributed by atoms with E-state index in [0.717, 1.165) is 24.4 Å². The summed E-state index contributed by atoms with van der Waals surface area (Å²) in [6, 6.07) is 0. The number of sulfonamides is 1. The lowest BCUT2D eigenvalue weighted by atomic mass is 9.99. The lowest BCUT2D eigenvalue weighted by Gasteiger charge is -2.30. The summed E-state index contributed by atoms with van der Waals surface area (Å²) in [4.78, 5) is 7.54. The molecule has 1 N–H and O–H groups in total. The zero-order valence-corrected chi connectivity index (χ0v) is 11.8. The van der Waals surface area contributed by atoms with Gasteiger partial charge in [0.1, 0.15) is 5.82 Å². The largest absolute Gasteiger partial charge is 0.346 e. The van der Waals surface area contributed by atoms with E-state index in [4.69, 9.17) is 0 Å². The Balaban J connectivity index is 2.09. The summed E-state index contributed by atoms with van der Waals surface area (Å²) in [5.74, 6) is 1.37. The van der Waals surface area contributed by atoms with E-state index in [9.17, 15) is 8.42 Å². The number of hydrogen-bond donors (Lipinski definition) is 1. The van der Waals surface area contributed by atoms with Gasteiger partial charge in [-0.2, -0.15) is 0 Å². The highest BCUT2D eigenvalue weighted by molar-refractivity contribution is 7.89. The van der Waals surface area contributed by atoms with Crippen LogP contribution in [0.3, 0.4) is 0 Å². The van der Waals surface area contributed by atoms with Crippen LogP contribution >= 0.6 is 0 Å². The highest BCUT2D eigenvalue weighted by Gasteiger charge is 2.30. The van der Waals surface area contributed by atoms with E-state index in [0.29, 0.717) is 19.5 Å². The van der Waals surface area contributed by atoms with Crippen LogP contribution in [0.15, 0.2) is 6.20 Å². The molecule has 1 aromatic rings. The number of piperidine rings is 1. The molecule has 1 saturated heterocycles. The van der Waals surface area contributed by atoms with Crippen LogP contribution in [0.4, 0.5) is 0 Å². The van der Waals surface area contributed by atoms with Crippen molar-refractivity contribution in [3.63, 3.8) is 0 Å². The third-order valence-corrected chi connectivity index (χ3v) is 5.39. The van der Waals surface area contributed by atoms with Crippen molar-refractivity contribution in [2.75, 3.05) is 18.8 Å². The van der Waals surface area contributed by atoms with Crippen molar-refractivity contribution in [1.82, 2.24) is 14.3 Å². The van der Waals surface area contributed by atoms with Gasteiger partial charge in [-0.15, -0.1) is 0 Å². The third-order valence-electron chi connectivity index (χ3n) is 3.35. The van der Waals surface area contributed by atoms with Crippen LogP contribution in [0.5, 0.6) is 0 Å². The summed E-state index contributed by atoms with van der Waals surface area (Å²) < 4.78 is 25.8. The van der Waals surface area contributed by atoms with E-state index < -0.39 is 10.0 Å². The normalized spacial score (nSPS) is 22.2. The van der Waals surface area contributed by atoms with Crippen LogP contribution in [0.25, 0.3) is 0 Å². The molecule has 0 bridgehead atoms. The molecule has 1 aromatic heterocycles.